The molecule has 0 radical (unpaired) electrons. The van der Waals surface area contributed by atoms with E-state index < -0.39 is 5.54 Å². The minimum absolute atomic E-state index is 0.0296. The highest BCUT2D eigenvalue weighted by Gasteiger charge is 2.46. The number of likely N-dealkylation sites (tertiary alicyclic amines) is 1. The largest absolute Gasteiger partial charge is 0.382 e. The van der Waals surface area contributed by atoms with Crippen molar-refractivity contribution in [1.82, 2.24) is 10.2 Å². The number of hydrogen-bond donors (Lipinski definition) is 1. The fourth-order valence-electron chi connectivity index (χ4n) is 2.92. The monoisotopic (exact) mass is 396 g/mol. The Balaban J connectivity index is 2.00. The van der Waals surface area contributed by atoms with Crippen molar-refractivity contribution in [3.05, 3.63) is 34.3 Å². The molecule has 1 aromatic carbocycles. The topological polar surface area (TPSA) is 58.6 Å². The second-order valence-electron chi connectivity index (χ2n) is 6.19. The minimum atomic E-state index is -0.787. The van der Waals surface area contributed by atoms with E-state index in [1.54, 1.807) is 4.90 Å². The molecule has 1 N–H and O–H groups in total. The molecule has 2 amide bonds. The summed E-state index contributed by atoms with van der Waals surface area (Å²) in [6.07, 6.45) is 1.74. The SMILES string of the molecule is CCOCCCNC(=O)C1(C)CCC(=O)N1Cc1cccc(Br)c1. The summed E-state index contributed by atoms with van der Waals surface area (Å²) in [5.74, 6) is -0.0539. The Morgan fingerprint density at radius 3 is 2.96 bits per heavy atom. The lowest BCUT2D eigenvalue weighted by Crippen LogP contribution is -2.54. The van der Waals surface area contributed by atoms with Crippen LogP contribution in [-0.4, -0.2) is 42.0 Å². The fraction of sp³-hybridized carbons (Fsp3) is 0.556. The van der Waals surface area contributed by atoms with E-state index in [1.165, 1.54) is 0 Å². The van der Waals surface area contributed by atoms with Crippen LogP contribution in [0.4, 0.5) is 0 Å². The molecule has 24 heavy (non-hydrogen) atoms. The predicted octanol–water partition coefficient (Wildman–Crippen LogP) is 2.87. The lowest BCUT2D eigenvalue weighted by molar-refractivity contribution is -0.141. The van der Waals surface area contributed by atoms with Gasteiger partial charge in [0, 0.05) is 37.2 Å². The number of amides is 2. The Hall–Kier alpha value is -1.40. The van der Waals surface area contributed by atoms with Crippen LogP contribution in [0.2, 0.25) is 0 Å². The average molecular weight is 397 g/mol. The van der Waals surface area contributed by atoms with E-state index in [0.29, 0.717) is 39.1 Å². The highest BCUT2D eigenvalue weighted by atomic mass is 79.9. The number of ether oxygens (including phenoxy) is 1. The van der Waals surface area contributed by atoms with Gasteiger partial charge in [0.25, 0.3) is 0 Å². The number of halogens is 1. The van der Waals surface area contributed by atoms with Crippen LogP contribution in [0.15, 0.2) is 28.7 Å². The van der Waals surface area contributed by atoms with Gasteiger partial charge in [0.15, 0.2) is 0 Å². The lowest BCUT2D eigenvalue weighted by Gasteiger charge is -2.34. The summed E-state index contributed by atoms with van der Waals surface area (Å²) in [6, 6.07) is 7.83. The zero-order valence-electron chi connectivity index (χ0n) is 14.3. The Morgan fingerprint density at radius 2 is 2.25 bits per heavy atom. The van der Waals surface area contributed by atoms with Crippen LogP contribution in [0, 0.1) is 0 Å². The molecular weight excluding hydrogens is 372 g/mol. The zero-order chi connectivity index (χ0) is 17.6. The van der Waals surface area contributed by atoms with Crippen molar-refractivity contribution in [2.45, 2.75) is 45.2 Å². The van der Waals surface area contributed by atoms with Gasteiger partial charge >= 0.3 is 0 Å². The second-order valence-corrected chi connectivity index (χ2v) is 7.11. The molecule has 132 valence electrons. The third-order valence-electron chi connectivity index (χ3n) is 4.40. The zero-order valence-corrected chi connectivity index (χ0v) is 15.9. The molecule has 1 fully saturated rings. The minimum Gasteiger partial charge on any atom is -0.382 e. The van der Waals surface area contributed by atoms with E-state index in [-0.39, 0.29) is 11.8 Å². The number of hydrogen-bond acceptors (Lipinski definition) is 3. The number of rotatable bonds is 8. The number of carbonyl (C=O) groups is 2. The third kappa shape index (κ3) is 4.57. The van der Waals surface area contributed by atoms with Gasteiger partial charge in [-0.2, -0.15) is 0 Å². The van der Waals surface area contributed by atoms with E-state index in [4.69, 9.17) is 4.74 Å². The molecule has 0 aliphatic carbocycles. The van der Waals surface area contributed by atoms with E-state index >= 15 is 0 Å². The predicted molar refractivity (Wildman–Crippen MR) is 96.5 cm³/mol. The normalized spacial score (nSPS) is 20.5. The van der Waals surface area contributed by atoms with Crippen molar-refractivity contribution in [1.29, 1.82) is 0 Å². The molecule has 2 rings (SSSR count). The summed E-state index contributed by atoms with van der Waals surface area (Å²) in [5.41, 5.74) is 0.223. The van der Waals surface area contributed by atoms with Crippen LogP contribution in [0.3, 0.4) is 0 Å². The van der Waals surface area contributed by atoms with Crippen molar-refractivity contribution < 1.29 is 14.3 Å². The summed E-state index contributed by atoms with van der Waals surface area (Å²) >= 11 is 3.44. The number of carbonyl (C=O) groups excluding carboxylic acids is 2. The van der Waals surface area contributed by atoms with Gasteiger partial charge in [0.1, 0.15) is 5.54 Å². The van der Waals surface area contributed by atoms with Crippen molar-refractivity contribution >= 4 is 27.7 Å². The van der Waals surface area contributed by atoms with Crippen LogP contribution in [0.1, 0.15) is 38.7 Å². The Bertz CT molecular complexity index is 593. The molecule has 0 saturated carbocycles. The number of nitrogens with one attached hydrogen (secondary N) is 1. The van der Waals surface area contributed by atoms with Gasteiger partial charge in [0.05, 0.1) is 0 Å². The van der Waals surface area contributed by atoms with E-state index in [0.717, 1.165) is 16.5 Å². The van der Waals surface area contributed by atoms with Gasteiger partial charge in [-0.05, 0) is 44.4 Å². The molecular formula is C18H25BrN2O3. The van der Waals surface area contributed by atoms with Gasteiger partial charge in [-0.25, -0.2) is 0 Å². The van der Waals surface area contributed by atoms with Crippen LogP contribution in [-0.2, 0) is 20.9 Å². The van der Waals surface area contributed by atoms with Gasteiger partial charge < -0.3 is 15.0 Å². The maximum atomic E-state index is 12.7. The first-order valence-corrected chi connectivity index (χ1v) is 9.17. The van der Waals surface area contributed by atoms with Crippen molar-refractivity contribution in [2.24, 2.45) is 0 Å². The highest BCUT2D eigenvalue weighted by molar-refractivity contribution is 9.10. The first kappa shape index (κ1) is 18.9. The lowest BCUT2D eigenvalue weighted by atomic mass is 9.97. The molecule has 5 nitrogen and oxygen atoms in total. The molecule has 1 aliphatic heterocycles. The first-order valence-electron chi connectivity index (χ1n) is 8.38. The summed E-state index contributed by atoms with van der Waals surface area (Å²) in [7, 11) is 0. The maximum Gasteiger partial charge on any atom is 0.245 e. The molecule has 6 heteroatoms. The van der Waals surface area contributed by atoms with E-state index in [9.17, 15) is 9.59 Å². The molecule has 1 heterocycles. The molecule has 1 atom stereocenters. The standard InChI is InChI=1S/C18H25BrN2O3/c1-3-24-11-5-10-20-17(23)18(2)9-8-16(22)21(18)13-14-6-4-7-15(19)12-14/h4,6-7,12H,3,5,8-11,13H2,1-2H3,(H,20,23). The molecule has 0 bridgehead atoms. The summed E-state index contributed by atoms with van der Waals surface area (Å²) in [5, 5.41) is 2.95. The Labute approximate surface area is 151 Å². The third-order valence-corrected chi connectivity index (χ3v) is 4.89. The van der Waals surface area contributed by atoms with Gasteiger partial charge in [-0.1, -0.05) is 28.1 Å². The average Bonchev–Trinajstić information content (AvgIpc) is 2.84. The van der Waals surface area contributed by atoms with E-state index in [2.05, 4.69) is 21.2 Å². The first-order chi connectivity index (χ1) is 11.5. The molecule has 1 aromatic rings. The van der Waals surface area contributed by atoms with Gasteiger partial charge in [-0.3, -0.25) is 9.59 Å². The highest BCUT2D eigenvalue weighted by Crippen LogP contribution is 2.32. The van der Waals surface area contributed by atoms with Crippen molar-refractivity contribution in [3.63, 3.8) is 0 Å². The van der Waals surface area contributed by atoms with E-state index in [1.807, 2.05) is 38.1 Å². The molecule has 0 aromatic heterocycles. The van der Waals surface area contributed by atoms with Crippen LogP contribution < -0.4 is 5.32 Å². The van der Waals surface area contributed by atoms with Crippen LogP contribution in [0.5, 0.6) is 0 Å². The van der Waals surface area contributed by atoms with Crippen LogP contribution >= 0.6 is 15.9 Å². The quantitative estimate of drug-likeness (QED) is 0.687. The Kier molecular flexibility index (Phi) is 6.80. The summed E-state index contributed by atoms with van der Waals surface area (Å²) in [6.45, 7) is 6.13. The van der Waals surface area contributed by atoms with Crippen molar-refractivity contribution in [3.8, 4) is 0 Å². The number of nitrogens with zero attached hydrogens (tertiary/aromatic N) is 1. The molecule has 1 unspecified atom stereocenters. The molecule has 1 aliphatic rings. The van der Waals surface area contributed by atoms with Gasteiger partial charge in [-0.15, -0.1) is 0 Å². The fourth-order valence-corrected chi connectivity index (χ4v) is 3.37. The summed E-state index contributed by atoms with van der Waals surface area (Å²) < 4.78 is 6.24. The van der Waals surface area contributed by atoms with Crippen molar-refractivity contribution in [2.75, 3.05) is 19.8 Å². The second kappa shape index (κ2) is 8.62. The summed E-state index contributed by atoms with van der Waals surface area (Å²) in [4.78, 5) is 26.7. The molecule has 0 spiro atoms. The molecule has 1 saturated heterocycles. The van der Waals surface area contributed by atoms with Gasteiger partial charge in [0.2, 0.25) is 11.8 Å². The maximum absolute atomic E-state index is 12.7. The smallest absolute Gasteiger partial charge is 0.245 e. The number of benzene rings is 1. The van der Waals surface area contributed by atoms with Crippen LogP contribution in [0.25, 0.3) is 0 Å². The Morgan fingerprint density at radius 1 is 1.46 bits per heavy atom.